The highest BCUT2D eigenvalue weighted by molar-refractivity contribution is 9.10. The summed E-state index contributed by atoms with van der Waals surface area (Å²) in [6.45, 7) is 2.22. The molecular weight excluding hydrogens is 340 g/mol. The van der Waals surface area contributed by atoms with E-state index in [-0.39, 0.29) is 10.9 Å². The van der Waals surface area contributed by atoms with Crippen LogP contribution in [0.15, 0.2) is 27.6 Å². The van der Waals surface area contributed by atoms with Crippen molar-refractivity contribution in [3.05, 3.63) is 22.7 Å². The van der Waals surface area contributed by atoms with Crippen LogP contribution in [0.3, 0.4) is 0 Å². The minimum atomic E-state index is -3.47. The molecule has 0 saturated heterocycles. The zero-order valence-corrected chi connectivity index (χ0v) is 14.2. The Bertz CT molecular complexity index is 581. The van der Waals surface area contributed by atoms with Crippen molar-refractivity contribution in [1.82, 2.24) is 4.31 Å². The molecule has 0 amide bonds. The van der Waals surface area contributed by atoms with E-state index in [2.05, 4.69) is 22.9 Å². The van der Waals surface area contributed by atoms with Crippen molar-refractivity contribution in [2.24, 2.45) is 5.92 Å². The molecule has 2 N–H and O–H groups in total. The van der Waals surface area contributed by atoms with Crippen molar-refractivity contribution in [3.63, 3.8) is 0 Å². The first kappa shape index (κ1) is 15.8. The predicted molar refractivity (Wildman–Crippen MR) is 84.9 cm³/mol. The molecule has 0 radical (unpaired) electrons. The second kappa shape index (κ2) is 6.03. The fraction of sp³-hybridized carbons (Fsp3) is 0.571. The van der Waals surface area contributed by atoms with Gasteiger partial charge in [0.15, 0.2) is 0 Å². The smallest absolute Gasteiger partial charge is 0.244 e. The lowest BCUT2D eigenvalue weighted by Crippen LogP contribution is -2.39. The molecule has 0 atom stereocenters. The van der Waals surface area contributed by atoms with Crippen LogP contribution in [0.25, 0.3) is 0 Å². The molecule has 20 heavy (non-hydrogen) atoms. The van der Waals surface area contributed by atoms with Gasteiger partial charge in [-0.3, -0.25) is 0 Å². The van der Waals surface area contributed by atoms with E-state index >= 15 is 0 Å². The van der Waals surface area contributed by atoms with Crippen LogP contribution in [0.2, 0.25) is 0 Å². The summed E-state index contributed by atoms with van der Waals surface area (Å²) in [7, 11) is -1.79. The second-order valence-corrected chi connectivity index (χ2v) is 8.45. The normalized spacial score (nSPS) is 24.0. The van der Waals surface area contributed by atoms with Gasteiger partial charge in [-0.05, 0) is 65.7 Å². The number of nitrogen functional groups attached to an aromatic ring is 1. The minimum absolute atomic E-state index is 0.0978. The maximum absolute atomic E-state index is 12.7. The Balaban J connectivity index is 2.25. The van der Waals surface area contributed by atoms with Crippen LogP contribution in [0.4, 0.5) is 5.69 Å². The number of nitrogens with zero attached hydrogens (tertiary/aromatic N) is 1. The molecule has 0 bridgehead atoms. The first-order valence-electron chi connectivity index (χ1n) is 6.85. The number of anilines is 1. The molecule has 1 fully saturated rings. The molecule has 1 aliphatic rings. The van der Waals surface area contributed by atoms with E-state index in [9.17, 15) is 8.42 Å². The SMILES string of the molecule is CC1CCC(N(C)S(=O)(=O)c2ccc(N)cc2Br)CC1. The highest BCUT2D eigenvalue weighted by Crippen LogP contribution is 2.32. The summed E-state index contributed by atoms with van der Waals surface area (Å²) in [6.07, 6.45) is 4.05. The molecule has 1 saturated carbocycles. The van der Waals surface area contributed by atoms with Gasteiger partial charge in [0, 0.05) is 23.2 Å². The van der Waals surface area contributed by atoms with Gasteiger partial charge >= 0.3 is 0 Å². The molecule has 0 heterocycles. The Hall–Kier alpha value is -0.590. The molecule has 0 aliphatic heterocycles. The molecule has 0 spiro atoms. The van der Waals surface area contributed by atoms with Crippen molar-refractivity contribution in [1.29, 1.82) is 0 Å². The number of rotatable bonds is 3. The minimum Gasteiger partial charge on any atom is -0.399 e. The van der Waals surface area contributed by atoms with E-state index in [4.69, 9.17) is 5.73 Å². The van der Waals surface area contributed by atoms with Crippen molar-refractivity contribution in [2.75, 3.05) is 12.8 Å². The number of benzene rings is 1. The molecule has 2 rings (SSSR count). The summed E-state index contributed by atoms with van der Waals surface area (Å²) in [6, 6.07) is 4.91. The average molecular weight is 361 g/mol. The van der Waals surface area contributed by atoms with E-state index in [1.807, 2.05) is 0 Å². The van der Waals surface area contributed by atoms with Gasteiger partial charge in [-0.15, -0.1) is 0 Å². The van der Waals surface area contributed by atoms with Crippen LogP contribution in [0.5, 0.6) is 0 Å². The predicted octanol–water partition coefficient (Wildman–Crippen LogP) is 3.23. The second-order valence-electron chi connectivity index (χ2n) is 5.62. The lowest BCUT2D eigenvalue weighted by Gasteiger charge is -2.33. The average Bonchev–Trinajstić information content (AvgIpc) is 2.38. The summed E-state index contributed by atoms with van der Waals surface area (Å²) < 4.78 is 27.4. The van der Waals surface area contributed by atoms with Crippen LogP contribution in [0.1, 0.15) is 32.6 Å². The monoisotopic (exact) mass is 360 g/mol. The van der Waals surface area contributed by atoms with Crippen molar-refractivity contribution in [2.45, 2.75) is 43.5 Å². The molecule has 0 aromatic heterocycles. The third-order valence-electron chi connectivity index (χ3n) is 4.11. The summed E-state index contributed by atoms with van der Waals surface area (Å²) in [4.78, 5) is 0.285. The van der Waals surface area contributed by atoms with Gasteiger partial charge in [0.2, 0.25) is 10.0 Å². The van der Waals surface area contributed by atoms with Crippen LogP contribution in [-0.2, 0) is 10.0 Å². The molecule has 112 valence electrons. The fourth-order valence-electron chi connectivity index (χ4n) is 2.68. The van der Waals surface area contributed by atoms with Gasteiger partial charge in [-0.1, -0.05) is 6.92 Å². The standard InChI is InChI=1S/C14H21BrN2O2S/c1-10-3-6-12(7-4-10)17(2)20(18,19)14-8-5-11(16)9-13(14)15/h5,8-10,12H,3-4,6-7,16H2,1-2H3. The van der Waals surface area contributed by atoms with E-state index in [0.717, 1.165) is 25.7 Å². The first-order chi connectivity index (χ1) is 9.32. The summed E-state index contributed by atoms with van der Waals surface area (Å²) in [5.41, 5.74) is 6.21. The van der Waals surface area contributed by atoms with Crippen molar-refractivity contribution >= 4 is 31.6 Å². The van der Waals surface area contributed by atoms with Crippen LogP contribution in [0, 0.1) is 5.92 Å². The zero-order chi connectivity index (χ0) is 14.9. The van der Waals surface area contributed by atoms with E-state index in [1.54, 1.807) is 25.2 Å². The Labute approximate surface area is 129 Å². The number of sulfonamides is 1. The molecular formula is C14H21BrN2O2S. The Kier molecular flexibility index (Phi) is 4.76. The lowest BCUT2D eigenvalue weighted by atomic mass is 9.87. The van der Waals surface area contributed by atoms with E-state index in [0.29, 0.717) is 16.1 Å². The zero-order valence-electron chi connectivity index (χ0n) is 11.8. The van der Waals surface area contributed by atoms with Crippen molar-refractivity contribution < 1.29 is 8.42 Å². The molecule has 4 nitrogen and oxygen atoms in total. The molecule has 6 heteroatoms. The topological polar surface area (TPSA) is 63.4 Å². The van der Waals surface area contributed by atoms with Crippen molar-refractivity contribution in [3.8, 4) is 0 Å². The molecule has 1 aliphatic carbocycles. The van der Waals surface area contributed by atoms with Gasteiger partial charge in [-0.2, -0.15) is 4.31 Å². The van der Waals surface area contributed by atoms with Gasteiger partial charge in [0.1, 0.15) is 0 Å². The van der Waals surface area contributed by atoms with Gasteiger partial charge in [0.25, 0.3) is 0 Å². The number of nitrogens with two attached hydrogens (primary N) is 1. The first-order valence-corrected chi connectivity index (χ1v) is 9.08. The Morgan fingerprint density at radius 1 is 1.25 bits per heavy atom. The number of hydrogen-bond donors (Lipinski definition) is 1. The molecule has 1 aromatic rings. The lowest BCUT2D eigenvalue weighted by molar-refractivity contribution is 0.246. The summed E-state index contributed by atoms with van der Waals surface area (Å²) in [5, 5.41) is 0. The van der Waals surface area contributed by atoms with Crippen LogP contribution >= 0.6 is 15.9 Å². The summed E-state index contributed by atoms with van der Waals surface area (Å²) >= 11 is 3.30. The summed E-state index contributed by atoms with van der Waals surface area (Å²) in [5.74, 6) is 0.700. The third kappa shape index (κ3) is 3.18. The highest BCUT2D eigenvalue weighted by Gasteiger charge is 2.31. The van der Waals surface area contributed by atoms with Crippen LogP contribution in [-0.4, -0.2) is 25.8 Å². The van der Waals surface area contributed by atoms with Gasteiger partial charge in [0.05, 0.1) is 4.90 Å². The Morgan fingerprint density at radius 3 is 2.40 bits per heavy atom. The Morgan fingerprint density at radius 2 is 1.85 bits per heavy atom. The highest BCUT2D eigenvalue weighted by atomic mass is 79.9. The van der Waals surface area contributed by atoms with E-state index < -0.39 is 10.0 Å². The van der Waals surface area contributed by atoms with Gasteiger partial charge in [-0.25, -0.2) is 8.42 Å². The van der Waals surface area contributed by atoms with Gasteiger partial charge < -0.3 is 5.73 Å². The number of halogens is 1. The third-order valence-corrected chi connectivity index (χ3v) is 7.00. The molecule has 0 unspecified atom stereocenters. The maximum Gasteiger partial charge on any atom is 0.244 e. The fourth-order valence-corrected chi connectivity index (χ4v) is 5.15. The molecule has 1 aromatic carbocycles. The number of hydrogen-bond acceptors (Lipinski definition) is 3. The van der Waals surface area contributed by atoms with E-state index in [1.165, 1.54) is 4.31 Å². The van der Waals surface area contributed by atoms with Crippen LogP contribution < -0.4 is 5.73 Å². The largest absolute Gasteiger partial charge is 0.399 e. The maximum atomic E-state index is 12.7. The quantitative estimate of drug-likeness (QED) is 0.841.